The van der Waals surface area contributed by atoms with E-state index in [2.05, 4.69) is 6.07 Å². The highest BCUT2D eigenvalue weighted by Crippen LogP contribution is 2.42. The molecule has 102 valence electrons. The second kappa shape index (κ2) is 4.87. The highest BCUT2D eigenvalue weighted by Gasteiger charge is 2.31. The number of anilines is 1. The van der Waals surface area contributed by atoms with Gasteiger partial charge in [-0.25, -0.2) is 0 Å². The topological polar surface area (TPSA) is 63.3 Å². The van der Waals surface area contributed by atoms with Crippen molar-refractivity contribution in [3.8, 4) is 0 Å². The third-order valence-electron chi connectivity index (χ3n) is 4.83. The molecule has 3 nitrogen and oxygen atoms in total. The van der Waals surface area contributed by atoms with Crippen LogP contribution in [0.1, 0.15) is 67.1 Å². The number of nitrogens with two attached hydrogens (primary N) is 1. The summed E-state index contributed by atoms with van der Waals surface area (Å²) < 4.78 is 0. The van der Waals surface area contributed by atoms with Gasteiger partial charge in [0, 0.05) is 5.69 Å². The largest absolute Gasteiger partial charge is 0.481 e. The molecule has 1 unspecified atom stereocenters. The Morgan fingerprint density at radius 1 is 1.11 bits per heavy atom. The quantitative estimate of drug-likeness (QED) is 0.800. The first-order valence-corrected chi connectivity index (χ1v) is 7.32. The molecule has 1 atom stereocenters. The number of benzene rings is 1. The van der Waals surface area contributed by atoms with Gasteiger partial charge in [-0.2, -0.15) is 0 Å². The van der Waals surface area contributed by atoms with Gasteiger partial charge in [0.05, 0.1) is 5.92 Å². The molecule has 0 aromatic heterocycles. The number of fused-ring (bicyclic) bond motifs is 1. The van der Waals surface area contributed by atoms with Crippen molar-refractivity contribution in [3.05, 3.63) is 28.8 Å². The van der Waals surface area contributed by atoms with Gasteiger partial charge in [-0.1, -0.05) is 31.4 Å². The van der Waals surface area contributed by atoms with Crippen molar-refractivity contribution in [2.24, 2.45) is 0 Å². The van der Waals surface area contributed by atoms with Crippen molar-refractivity contribution in [3.63, 3.8) is 0 Å². The van der Waals surface area contributed by atoms with Crippen LogP contribution in [-0.4, -0.2) is 11.1 Å². The molecule has 0 aliphatic heterocycles. The number of nitrogen functional groups attached to an aromatic ring is 1. The number of carboxylic acid groups (broad SMARTS) is 1. The zero-order valence-electron chi connectivity index (χ0n) is 11.2. The van der Waals surface area contributed by atoms with Crippen molar-refractivity contribution >= 4 is 11.7 Å². The molecule has 19 heavy (non-hydrogen) atoms. The molecular formula is C16H21NO2. The molecule has 1 saturated carbocycles. The number of carboxylic acids is 1. The van der Waals surface area contributed by atoms with Gasteiger partial charge in [0.2, 0.25) is 0 Å². The number of rotatable bonds is 2. The summed E-state index contributed by atoms with van der Waals surface area (Å²) in [7, 11) is 0. The summed E-state index contributed by atoms with van der Waals surface area (Å²) in [4.78, 5) is 11.2. The number of hydrogen-bond donors (Lipinski definition) is 2. The molecule has 3 rings (SSSR count). The molecule has 2 aliphatic rings. The summed E-state index contributed by atoms with van der Waals surface area (Å²) in [6.07, 6.45) is 7.89. The Labute approximate surface area is 113 Å². The van der Waals surface area contributed by atoms with Gasteiger partial charge in [-0.3, -0.25) is 4.79 Å². The van der Waals surface area contributed by atoms with E-state index in [-0.39, 0.29) is 5.92 Å². The average Bonchev–Trinajstić information content (AvgIpc) is 2.85. The maximum absolute atomic E-state index is 11.2. The van der Waals surface area contributed by atoms with Crippen LogP contribution in [0.15, 0.2) is 12.1 Å². The van der Waals surface area contributed by atoms with Gasteiger partial charge in [0.25, 0.3) is 0 Å². The minimum absolute atomic E-state index is 0.349. The van der Waals surface area contributed by atoms with E-state index >= 15 is 0 Å². The summed E-state index contributed by atoms with van der Waals surface area (Å²) in [5.74, 6) is -0.482. The molecule has 1 aromatic rings. The maximum Gasteiger partial charge on any atom is 0.310 e. The lowest BCUT2D eigenvalue weighted by atomic mass is 9.82. The van der Waals surface area contributed by atoms with Crippen molar-refractivity contribution in [1.82, 2.24) is 0 Å². The Bertz CT molecular complexity index is 504. The van der Waals surface area contributed by atoms with Gasteiger partial charge in [0.1, 0.15) is 0 Å². The van der Waals surface area contributed by atoms with Gasteiger partial charge in [0.15, 0.2) is 0 Å². The van der Waals surface area contributed by atoms with E-state index in [1.54, 1.807) is 0 Å². The minimum atomic E-state index is -0.719. The molecule has 1 aromatic carbocycles. The van der Waals surface area contributed by atoms with Crippen molar-refractivity contribution in [2.45, 2.75) is 56.8 Å². The highest BCUT2D eigenvalue weighted by atomic mass is 16.4. The third-order valence-corrected chi connectivity index (χ3v) is 4.83. The van der Waals surface area contributed by atoms with Crippen LogP contribution in [0.2, 0.25) is 0 Å². The van der Waals surface area contributed by atoms with Crippen LogP contribution in [0.25, 0.3) is 0 Å². The Morgan fingerprint density at radius 2 is 1.79 bits per heavy atom. The number of carbonyl (C=O) groups is 1. The van der Waals surface area contributed by atoms with Crippen LogP contribution in [-0.2, 0) is 11.2 Å². The van der Waals surface area contributed by atoms with Crippen LogP contribution < -0.4 is 5.73 Å². The third kappa shape index (κ3) is 2.11. The lowest BCUT2D eigenvalue weighted by molar-refractivity contribution is -0.138. The predicted molar refractivity (Wildman–Crippen MR) is 75.4 cm³/mol. The molecule has 3 heteroatoms. The van der Waals surface area contributed by atoms with E-state index in [1.807, 2.05) is 6.07 Å². The monoisotopic (exact) mass is 259 g/mol. The molecular weight excluding hydrogens is 238 g/mol. The summed E-state index contributed by atoms with van der Waals surface area (Å²) in [5.41, 5.74) is 10.5. The van der Waals surface area contributed by atoms with Gasteiger partial charge in [-0.05, 0) is 48.3 Å². The smallest absolute Gasteiger partial charge is 0.310 e. The maximum atomic E-state index is 11.2. The fraction of sp³-hybridized carbons (Fsp3) is 0.562. The zero-order valence-corrected chi connectivity index (χ0v) is 11.2. The lowest BCUT2D eigenvalue weighted by Gasteiger charge is -2.24. The fourth-order valence-electron chi connectivity index (χ4n) is 3.78. The summed E-state index contributed by atoms with van der Waals surface area (Å²) >= 11 is 0. The van der Waals surface area contributed by atoms with E-state index in [4.69, 9.17) is 5.73 Å². The van der Waals surface area contributed by atoms with Crippen LogP contribution in [0, 0.1) is 0 Å². The summed E-state index contributed by atoms with van der Waals surface area (Å²) in [5, 5.41) is 9.23. The van der Waals surface area contributed by atoms with Crippen LogP contribution >= 0.6 is 0 Å². The van der Waals surface area contributed by atoms with Crippen molar-refractivity contribution in [2.75, 3.05) is 5.73 Å². The molecule has 0 saturated heterocycles. The van der Waals surface area contributed by atoms with Crippen molar-refractivity contribution in [1.29, 1.82) is 0 Å². The average molecular weight is 259 g/mol. The normalized spacial score (nSPS) is 23.3. The van der Waals surface area contributed by atoms with Crippen molar-refractivity contribution < 1.29 is 9.90 Å². The van der Waals surface area contributed by atoms with E-state index in [9.17, 15) is 9.90 Å². The zero-order chi connectivity index (χ0) is 13.4. The molecule has 0 spiro atoms. The minimum Gasteiger partial charge on any atom is -0.481 e. The highest BCUT2D eigenvalue weighted by molar-refractivity contribution is 5.79. The summed E-state index contributed by atoms with van der Waals surface area (Å²) in [6.45, 7) is 0. The van der Waals surface area contributed by atoms with Crippen LogP contribution in [0.3, 0.4) is 0 Å². The van der Waals surface area contributed by atoms with E-state index < -0.39 is 5.97 Å². The molecule has 1 fully saturated rings. The van der Waals surface area contributed by atoms with Gasteiger partial charge in [-0.15, -0.1) is 0 Å². The molecule has 0 radical (unpaired) electrons. The Kier molecular flexibility index (Phi) is 3.21. The number of aliphatic carboxylic acids is 1. The SMILES string of the molecule is Nc1c(C2CCCCC2)ccc2c1CCC2C(=O)O. The second-order valence-electron chi connectivity index (χ2n) is 5.90. The second-order valence-corrected chi connectivity index (χ2v) is 5.90. The standard InChI is InChI=1S/C16H21NO2/c17-15-11(10-4-2-1-3-5-10)6-7-12-13(15)8-9-14(12)16(18)19/h6-7,10,14H,1-5,8-9,17H2,(H,18,19). The summed E-state index contributed by atoms with van der Waals surface area (Å²) in [6, 6.07) is 4.10. The Balaban J connectivity index is 1.95. The van der Waals surface area contributed by atoms with Crippen LogP contribution in [0.4, 0.5) is 5.69 Å². The molecule has 0 heterocycles. The van der Waals surface area contributed by atoms with Crippen LogP contribution in [0.5, 0.6) is 0 Å². The molecule has 0 amide bonds. The van der Waals surface area contributed by atoms with Gasteiger partial charge < -0.3 is 10.8 Å². The molecule has 2 aliphatic carbocycles. The first-order valence-electron chi connectivity index (χ1n) is 7.32. The Morgan fingerprint density at radius 3 is 2.47 bits per heavy atom. The molecule has 0 bridgehead atoms. The molecule has 3 N–H and O–H groups in total. The predicted octanol–water partition coefficient (Wildman–Crippen LogP) is 3.43. The fourth-order valence-corrected chi connectivity index (χ4v) is 3.78. The van der Waals surface area contributed by atoms with E-state index in [0.717, 1.165) is 23.2 Å². The first-order chi connectivity index (χ1) is 9.18. The number of hydrogen-bond acceptors (Lipinski definition) is 2. The Hall–Kier alpha value is -1.51. The lowest BCUT2D eigenvalue weighted by Crippen LogP contribution is -2.11. The van der Waals surface area contributed by atoms with E-state index in [1.165, 1.54) is 37.7 Å². The first kappa shape index (κ1) is 12.5. The van der Waals surface area contributed by atoms with Gasteiger partial charge >= 0.3 is 5.97 Å². The van der Waals surface area contributed by atoms with E-state index in [0.29, 0.717) is 12.3 Å².